The van der Waals surface area contributed by atoms with Crippen molar-refractivity contribution in [2.45, 2.75) is 6.61 Å². The van der Waals surface area contributed by atoms with E-state index >= 15 is 0 Å². The van der Waals surface area contributed by atoms with Crippen LogP contribution in [0.1, 0.15) is 11.1 Å². The molecule has 3 aromatic rings. The normalized spacial score (nSPS) is 10.4. The Morgan fingerprint density at radius 2 is 1.90 bits per heavy atom. The van der Waals surface area contributed by atoms with Gasteiger partial charge in [0.15, 0.2) is 5.75 Å². The Labute approximate surface area is 174 Å². The molecule has 1 heterocycles. The summed E-state index contributed by atoms with van der Waals surface area (Å²) < 4.78 is 5.58. The summed E-state index contributed by atoms with van der Waals surface area (Å²) in [5.74, 6) is -0.241. The van der Waals surface area contributed by atoms with E-state index in [0.29, 0.717) is 15.6 Å². The average Bonchev–Trinajstić information content (AvgIpc) is 2.68. The van der Waals surface area contributed by atoms with Crippen LogP contribution in [0.5, 0.6) is 5.75 Å². The van der Waals surface area contributed by atoms with E-state index in [2.05, 4.69) is 9.97 Å². The van der Waals surface area contributed by atoms with Gasteiger partial charge in [-0.3, -0.25) is 10.1 Å². The van der Waals surface area contributed by atoms with Crippen molar-refractivity contribution in [3.63, 3.8) is 0 Å². The van der Waals surface area contributed by atoms with Gasteiger partial charge in [-0.05, 0) is 29.8 Å². The largest absolute Gasteiger partial charge is 0.482 e. The molecule has 0 aliphatic heterocycles. The number of anilines is 2. The Morgan fingerprint density at radius 1 is 1.14 bits per heavy atom. The van der Waals surface area contributed by atoms with Gasteiger partial charge in [-0.2, -0.15) is 10.2 Å². The number of hydrogen-bond donors (Lipinski definition) is 2. The Bertz CT molecular complexity index is 1160. The van der Waals surface area contributed by atoms with Gasteiger partial charge in [0.25, 0.3) is 0 Å². The molecule has 0 aliphatic carbocycles. The highest BCUT2D eigenvalue weighted by molar-refractivity contribution is 6.42. The van der Waals surface area contributed by atoms with Crippen LogP contribution in [0.15, 0.2) is 36.4 Å². The van der Waals surface area contributed by atoms with Gasteiger partial charge in [-0.1, -0.05) is 29.3 Å². The first-order chi connectivity index (χ1) is 13.8. The summed E-state index contributed by atoms with van der Waals surface area (Å²) in [6, 6.07) is 10.9. The molecule has 0 spiro atoms. The Kier molecular flexibility index (Phi) is 5.68. The van der Waals surface area contributed by atoms with Crippen LogP contribution in [0.2, 0.25) is 10.0 Å². The molecule has 9 nitrogen and oxygen atoms in total. The maximum atomic E-state index is 11.5. The summed E-state index contributed by atoms with van der Waals surface area (Å²) in [7, 11) is 0. The van der Waals surface area contributed by atoms with Gasteiger partial charge >= 0.3 is 5.69 Å². The minimum absolute atomic E-state index is 0.0262. The molecular weight excluding hydrogens is 419 g/mol. The predicted molar refractivity (Wildman–Crippen MR) is 108 cm³/mol. The molecule has 1 aromatic heterocycles. The summed E-state index contributed by atoms with van der Waals surface area (Å²) >= 11 is 11.8. The number of nitrogen functional groups attached to an aromatic ring is 2. The van der Waals surface area contributed by atoms with Crippen LogP contribution in [0.3, 0.4) is 0 Å². The van der Waals surface area contributed by atoms with Crippen LogP contribution < -0.4 is 16.2 Å². The maximum Gasteiger partial charge on any atom is 0.311 e. The third-order valence-electron chi connectivity index (χ3n) is 3.87. The Hall–Kier alpha value is -3.61. The molecule has 0 saturated carbocycles. The fraction of sp³-hybridized carbons (Fsp3) is 0.0556. The van der Waals surface area contributed by atoms with Gasteiger partial charge in [0.05, 0.1) is 20.7 Å². The zero-order valence-electron chi connectivity index (χ0n) is 14.6. The summed E-state index contributed by atoms with van der Waals surface area (Å²) in [6.07, 6.45) is 0. The Balaban J connectivity index is 1.97. The number of nitriles is 1. The highest BCUT2D eigenvalue weighted by atomic mass is 35.5. The van der Waals surface area contributed by atoms with Crippen molar-refractivity contribution in [3.8, 4) is 23.1 Å². The molecule has 0 bridgehead atoms. The zero-order valence-corrected chi connectivity index (χ0v) is 16.1. The van der Waals surface area contributed by atoms with Crippen molar-refractivity contribution in [1.29, 1.82) is 5.26 Å². The fourth-order valence-corrected chi connectivity index (χ4v) is 2.86. The van der Waals surface area contributed by atoms with E-state index < -0.39 is 4.92 Å². The quantitative estimate of drug-likeness (QED) is 0.454. The molecule has 0 fully saturated rings. The van der Waals surface area contributed by atoms with Crippen molar-refractivity contribution in [1.82, 2.24) is 9.97 Å². The molecular formula is C18H12Cl2N6O3. The monoisotopic (exact) mass is 430 g/mol. The number of aromatic nitrogens is 2. The standard InChI is InChI=1S/C18H12Cl2N6O3/c19-12-3-1-9(5-13(12)20)8-29-15-4-2-10(6-14(15)26(27)28)16-11(7-21)17(22)25-18(23)24-16/h1-6H,8H2,(H4,22,23,24,25). The third kappa shape index (κ3) is 4.29. The van der Waals surface area contributed by atoms with E-state index in [9.17, 15) is 15.4 Å². The molecule has 4 N–H and O–H groups in total. The van der Waals surface area contributed by atoms with Crippen LogP contribution in [0.25, 0.3) is 11.3 Å². The lowest BCUT2D eigenvalue weighted by Crippen LogP contribution is -2.05. The number of benzene rings is 2. The lowest BCUT2D eigenvalue weighted by atomic mass is 10.1. The third-order valence-corrected chi connectivity index (χ3v) is 4.61. The van der Waals surface area contributed by atoms with E-state index in [0.717, 1.165) is 0 Å². The second-order valence-corrected chi connectivity index (χ2v) is 6.59. The molecule has 0 amide bonds. The molecule has 11 heteroatoms. The first kappa shape index (κ1) is 20.1. The van der Waals surface area contributed by atoms with Crippen molar-refractivity contribution in [3.05, 3.63) is 67.7 Å². The molecule has 146 valence electrons. The van der Waals surface area contributed by atoms with E-state index in [1.165, 1.54) is 18.2 Å². The number of nitro groups is 1. The number of nitrogens with zero attached hydrogens (tertiary/aromatic N) is 4. The second-order valence-electron chi connectivity index (χ2n) is 5.78. The molecule has 0 unspecified atom stereocenters. The van der Waals surface area contributed by atoms with Crippen LogP contribution in [-0.4, -0.2) is 14.9 Å². The molecule has 0 saturated heterocycles. The first-order valence-corrected chi connectivity index (χ1v) is 8.74. The number of halogens is 2. The predicted octanol–water partition coefficient (Wildman–Crippen LogP) is 3.97. The average molecular weight is 431 g/mol. The Morgan fingerprint density at radius 3 is 2.55 bits per heavy atom. The van der Waals surface area contributed by atoms with Crippen molar-refractivity contribution in [2.75, 3.05) is 11.5 Å². The number of ether oxygens (including phenoxy) is 1. The highest BCUT2D eigenvalue weighted by Crippen LogP contribution is 2.34. The zero-order chi connectivity index (χ0) is 21.1. The van der Waals surface area contributed by atoms with E-state index in [1.807, 2.05) is 6.07 Å². The molecule has 0 aliphatic rings. The van der Waals surface area contributed by atoms with Crippen LogP contribution in [0.4, 0.5) is 17.5 Å². The highest BCUT2D eigenvalue weighted by Gasteiger charge is 2.20. The van der Waals surface area contributed by atoms with Crippen molar-refractivity contribution >= 4 is 40.7 Å². The lowest BCUT2D eigenvalue weighted by Gasteiger charge is -2.10. The van der Waals surface area contributed by atoms with Gasteiger partial charge in [-0.15, -0.1) is 0 Å². The molecule has 2 aromatic carbocycles. The van der Waals surface area contributed by atoms with E-state index in [4.69, 9.17) is 39.4 Å². The molecule has 0 radical (unpaired) electrons. The SMILES string of the molecule is N#Cc1c(N)nc(N)nc1-c1ccc(OCc2ccc(Cl)c(Cl)c2)c([N+](=O)[O-])c1. The summed E-state index contributed by atoms with van der Waals surface area (Å²) in [4.78, 5) is 18.7. The van der Waals surface area contributed by atoms with Crippen molar-refractivity contribution < 1.29 is 9.66 Å². The number of hydrogen-bond acceptors (Lipinski definition) is 8. The van der Waals surface area contributed by atoms with Gasteiger partial charge in [0.2, 0.25) is 5.95 Å². The molecule has 29 heavy (non-hydrogen) atoms. The van der Waals surface area contributed by atoms with Gasteiger partial charge in [0, 0.05) is 11.6 Å². The minimum Gasteiger partial charge on any atom is -0.482 e. The minimum atomic E-state index is -0.604. The molecule has 3 rings (SSSR count). The fourth-order valence-electron chi connectivity index (χ4n) is 2.54. The van der Waals surface area contributed by atoms with Gasteiger partial charge in [-0.25, -0.2) is 4.98 Å². The smallest absolute Gasteiger partial charge is 0.311 e. The lowest BCUT2D eigenvalue weighted by molar-refractivity contribution is -0.385. The first-order valence-electron chi connectivity index (χ1n) is 7.98. The van der Waals surface area contributed by atoms with E-state index in [1.54, 1.807) is 18.2 Å². The van der Waals surface area contributed by atoms with Gasteiger partial charge in [0.1, 0.15) is 24.1 Å². The second kappa shape index (κ2) is 8.18. The topological polar surface area (TPSA) is 154 Å². The maximum absolute atomic E-state index is 11.5. The summed E-state index contributed by atoms with van der Waals surface area (Å²) in [5, 5.41) is 21.6. The summed E-state index contributed by atoms with van der Waals surface area (Å²) in [5.41, 5.74) is 12.0. The van der Waals surface area contributed by atoms with Gasteiger partial charge < -0.3 is 16.2 Å². The van der Waals surface area contributed by atoms with Crippen molar-refractivity contribution in [2.24, 2.45) is 0 Å². The van der Waals surface area contributed by atoms with Crippen LogP contribution >= 0.6 is 23.2 Å². The van der Waals surface area contributed by atoms with Crippen LogP contribution in [-0.2, 0) is 6.61 Å². The van der Waals surface area contributed by atoms with E-state index in [-0.39, 0.29) is 46.6 Å². The van der Waals surface area contributed by atoms with Crippen LogP contribution in [0, 0.1) is 21.4 Å². The molecule has 0 atom stereocenters. The number of nitro benzene ring substituents is 1. The summed E-state index contributed by atoms with van der Waals surface area (Å²) in [6.45, 7) is 0.0356. The number of nitrogens with two attached hydrogens (primary N) is 2. The number of rotatable bonds is 5.